The highest BCUT2D eigenvalue weighted by Crippen LogP contribution is 2.47. The number of benzene rings is 1. The lowest BCUT2D eigenvalue weighted by Gasteiger charge is -2.55. The molecule has 1 aromatic carbocycles. The number of aromatic nitrogens is 2. The zero-order chi connectivity index (χ0) is 23.5. The molecule has 2 saturated heterocycles. The normalized spacial score (nSPS) is 28.4. The largest absolute Gasteiger partial charge is 0.372 e. The maximum atomic E-state index is 15.5. The van der Waals surface area contributed by atoms with E-state index in [1.165, 1.54) is 12.1 Å². The molecule has 0 saturated carbocycles. The number of carbonyl (C=O) groups is 3. The van der Waals surface area contributed by atoms with Crippen molar-refractivity contribution >= 4 is 23.4 Å². The zero-order valence-electron chi connectivity index (χ0n) is 18.3. The number of rotatable bonds is 0. The highest BCUT2D eigenvalue weighted by atomic mass is 19.1. The second-order valence-corrected chi connectivity index (χ2v) is 8.65. The molecular formula is C23H22FN5O4. The summed E-state index contributed by atoms with van der Waals surface area (Å²) < 4.78 is 23.2. The maximum absolute atomic E-state index is 15.5. The molecule has 9 nitrogen and oxygen atoms in total. The van der Waals surface area contributed by atoms with Crippen LogP contribution in [-0.2, 0) is 16.6 Å². The topological polar surface area (TPSA) is 106 Å². The Balaban J connectivity index is 1.68. The van der Waals surface area contributed by atoms with Gasteiger partial charge < -0.3 is 19.5 Å². The number of imidazole rings is 1. The SMILES string of the molecule is C[C@@H]1CN2c3c(F)cc(C#Cc4nccn4C)cc3C(=O)C3(CNC(=O)NC3=O)[C@H]2[C@H](C)O1. The Morgan fingerprint density at radius 3 is 2.73 bits per heavy atom. The Hall–Kier alpha value is -3.71. The number of imide groups is 1. The van der Waals surface area contributed by atoms with E-state index in [-0.39, 0.29) is 36.0 Å². The van der Waals surface area contributed by atoms with Gasteiger partial charge in [-0.3, -0.25) is 14.9 Å². The fourth-order valence-electron chi connectivity index (χ4n) is 5.13. The van der Waals surface area contributed by atoms with Gasteiger partial charge >= 0.3 is 6.03 Å². The molecule has 1 aromatic heterocycles. The minimum Gasteiger partial charge on any atom is -0.372 e. The van der Waals surface area contributed by atoms with Gasteiger partial charge in [0.2, 0.25) is 5.91 Å². The van der Waals surface area contributed by atoms with E-state index >= 15 is 4.39 Å². The number of hydrogen-bond acceptors (Lipinski definition) is 6. The summed E-state index contributed by atoms with van der Waals surface area (Å²) in [7, 11) is 1.79. The van der Waals surface area contributed by atoms with Gasteiger partial charge in [0.25, 0.3) is 0 Å². The zero-order valence-corrected chi connectivity index (χ0v) is 18.3. The molecule has 4 atom stereocenters. The second kappa shape index (κ2) is 7.42. The minimum atomic E-state index is -1.65. The van der Waals surface area contributed by atoms with Crippen molar-refractivity contribution in [2.75, 3.05) is 18.0 Å². The van der Waals surface area contributed by atoms with Gasteiger partial charge in [0.15, 0.2) is 17.0 Å². The van der Waals surface area contributed by atoms with Crippen molar-refractivity contribution in [1.29, 1.82) is 0 Å². The molecule has 2 aromatic rings. The number of hydrogen-bond donors (Lipinski definition) is 2. The van der Waals surface area contributed by atoms with E-state index < -0.39 is 41.1 Å². The van der Waals surface area contributed by atoms with E-state index in [1.54, 1.807) is 35.8 Å². The second-order valence-electron chi connectivity index (χ2n) is 8.65. The van der Waals surface area contributed by atoms with Gasteiger partial charge in [-0.15, -0.1) is 0 Å². The summed E-state index contributed by atoms with van der Waals surface area (Å²) in [5.74, 6) is 4.33. The number of nitrogens with one attached hydrogen (secondary N) is 2. The Morgan fingerprint density at radius 2 is 2.03 bits per heavy atom. The molecule has 1 spiro atoms. The molecule has 3 aliphatic heterocycles. The summed E-state index contributed by atoms with van der Waals surface area (Å²) >= 11 is 0. The quantitative estimate of drug-likeness (QED) is 0.457. The van der Waals surface area contributed by atoms with E-state index in [2.05, 4.69) is 27.5 Å². The number of carbonyl (C=O) groups excluding carboxylic acids is 3. The first-order valence-corrected chi connectivity index (χ1v) is 10.6. The first kappa shape index (κ1) is 21.2. The van der Waals surface area contributed by atoms with Crippen molar-refractivity contribution in [3.8, 4) is 11.8 Å². The molecule has 0 aliphatic carbocycles. The molecule has 33 heavy (non-hydrogen) atoms. The number of anilines is 1. The number of ether oxygens (including phenoxy) is 1. The molecule has 2 fully saturated rings. The van der Waals surface area contributed by atoms with Crippen LogP contribution in [0.1, 0.15) is 35.6 Å². The smallest absolute Gasteiger partial charge is 0.321 e. The Morgan fingerprint density at radius 1 is 1.24 bits per heavy atom. The third-order valence-electron chi connectivity index (χ3n) is 6.49. The summed E-state index contributed by atoms with van der Waals surface area (Å²) in [5, 5.41) is 4.79. The highest BCUT2D eigenvalue weighted by molar-refractivity contribution is 6.22. The van der Waals surface area contributed by atoms with Crippen molar-refractivity contribution in [3.63, 3.8) is 0 Å². The lowest BCUT2D eigenvalue weighted by Crippen LogP contribution is -2.75. The summed E-state index contributed by atoms with van der Waals surface area (Å²) in [4.78, 5) is 44.7. The van der Waals surface area contributed by atoms with Gasteiger partial charge in [-0.25, -0.2) is 14.2 Å². The molecule has 3 aliphatic rings. The number of nitrogens with zero attached hydrogens (tertiary/aromatic N) is 3. The van der Waals surface area contributed by atoms with Gasteiger partial charge in [0.05, 0.1) is 23.9 Å². The van der Waals surface area contributed by atoms with Gasteiger partial charge in [-0.05, 0) is 31.9 Å². The molecule has 4 heterocycles. The monoisotopic (exact) mass is 451 g/mol. The molecule has 2 N–H and O–H groups in total. The van der Waals surface area contributed by atoms with Crippen LogP contribution in [0.25, 0.3) is 0 Å². The van der Waals surface area contributed by atoms with Gasteiger partial charge in [0.1, 0.15) is 5.82 Å². The van der Waals surface area contributed by atoms with Crippen LogP contribution in [0.3, 0.4) is 0 Å². The predicted octanol–water partition coefficient (Wildman–Crippen LogP) is 0.963. The molecule has 5 rings (SSSR count). The number of aryl methyl sites for hydroxylation is 1. The molecule has 10 heteroatoms. The van der Waals surface area contributed by atoms with E-state index in [9.17, 15) is 14.4 Å². The molecular weight excluding hydrogens is 429 g/mol. The number of ketones is 1. The van der Waals surface area contributed by atoms with Crippen molar-refractivity contribution in [2.24, 2.45) is 12.5 Å². The number of amides is 3. The van der Waals surface area contributed by atoms with Crippen LogP contribution in [0.4, 0.5) is 14.9 Å². The van der Waals surface area contributed by atoms with Gasteiger partial charge in [-0.2, -0.15) is 0 Å². The predicted molar refractivity (Wildman–Crippen MR) is 115 cm³/mol. The number of fused-ring (bicyclic) bond motifs is 4. The number of morpholine rings is 1. The van der Waals surface area contributed by atoms with Crippen LogP contribution in [0.2, 0.25) is 0 Å². The van der Waals surface area contributed by atoms with Crippen LogP contribution in [0.15, 0.2) is 24.5 Å². The average Bonchev–Trinajstić information content (AvgIpc) is 3.16. The third-order valence-corrected chi connectivity index (χ3v) is 6.49. The molecule has 0 bridgehead atoms. The summed E-state index contributed by atoms with van der Waals surface area (Å²) in [5.41, 5.74) is -1.18. The van der Waals surface area contributed by atoms with Crippen molar-refractivity contribution in [3.05, 3.63) is 47.3 Å². The van der Waals surface area contributed by atoms with E-state index in [4.69, 9.17) is 4.74 Å². The van der Waals surface area contributed by atoms with Crippen molar-refractivity contribution in [2.45, 2.75) is 32.1 Å². The van der Waals surface area contributed by atoms with Crippen LogP contribution >= 0.6 is 0 Å². The van der Waals surface area contributed by atoms with Crippen LogP contribution in [0.5, 0.6) is 0 Å². The standard InChI is InChI=1S/C23H22FN5O4/c1-12-10-29-18-15(8-14(9-16(18)24)4-5-17-25-6-7-28(17)3)20(30)23(19(29)13(2)33-12)11-26-22(32)27-21(23)31/h6-9,12-13,19H,10-11H2,1-3H3,(H2,26,27,31,32)/t12-,13+,19-,23?/m1/s1. The average molecular weight is 451 g/mol. The summed E-state index contributed by atoms with van der Waals surface area (Å²) in [6.07, 6.45) is 2.52. The molecule has 3 amide bonds. The van der Waals surface area contributed by atoms with Crippen LogP contribution in [0, 0.1) is 23.1 Å². The number of urea groups is 1. The summed E-state index contributed by atoms with van der Waals surface area (Å²) in [6.45, 7) is 3.68. The number of halogens is 1. The Kier molecular flexibility index (Phi) is 4.76. The maximum Gasteiger partial charge on any atom is 0.321 e. The van der Waals surface area contributed by atoms with Gasteiger partial charge in [0, 0.05) is 43.7 Å². The molecule has 0 radical (unpaired) electrons. The molecule has 1 unspecified atom stereocenters. The number of Topliss-reactive ketones (excluding diaryl/α,β-unsaturated/α-hetero) is 1. The lowest BCUT2D eigenvalue weighted by atomic mass is 9.66. The van der Waals surface area contributed by atoms with E-state index in [0.717, 1.165) is 0 Å². The fourth-order valence-corrected chi connectivity index (χ4v) is 5.13. The Bertz CT molecular complexity index is 1260. The highest BCUT2D eigenvalue weighted by Gasteiger charge is 2.63. The first-order valence-electron chi connectivity index (χ1n) is 10.6. The van der Waals surface area contributed by atoms with E-state index in [0.29, 0.717) is 5.82 Å². The van der Waals surface area contributed by atoms with Crippen molar-refractivity contribution < 1.29 is 23.5 Å². The van der Waals surface area contributed by atoms with Crippen molar-refractivity contribution in [1.82, 2.24) is 20.2 Å². The minimum absolute atomic E-state index is 0.0583. The lowest BCUT2D eigenvalue weighted by molar-refractivity contribution is -0.134. The van der Waals surface area contributed by atoms with Crippen LogP contribution in [-0.4, -0.2) is 58.6 Å². The van der Waals surface area contributed by atoms with Gasteiger partial charge in [-0.1, -0.05) is 5.92 Å². The third kappa shape index (κ3) is 3.11. The van der Waals surface area contributed by atoms with Crippen LogP contribution < -0.4 is 15.5 Å². The van der Waals surface area contributed by atoms with E-state index in [1.807, 2.05) is 6.92 Å². The summed E-state index contributed by atoms with van der Waals surface area (Å²) in [6, 6.07) is 1.33. The molecule has 170 valence electrons. The fraction of sp³-hybridized carbons (Fsp3) is 0.391. The first-order chi connectivity index (χ1) is 15.7. The Labute approximate surface area is 189 Å².